The number of hydrogen-bond donors (Lipinski definition) is 0. The number of ether oxygens (including phenoxy) is 3. The molecule has 7 nitrogen and oxygen atoms in total. The minimum Gasteiger partial charge on any atom is -0.376 e. The zero-order valence-electron chi connectivity index (χ0n) is 17.7. The Balaban J connectivity index is 1.45. The summed E-state index contributed by atoms with van der Waals surface area (Å²) in [5.41, 5.74) is 0.446. The van der Waals surface area contributed by atoms with Crippen LogP contribution in [0.2, 0.25) is 5.02 Å². The third-order valence-corrected chi connectivity index (χ3v) is 6.92. The van der Waals surface area contributed by atoms with Crippen molar-refractivity contribution in [3.8, 4) is 5.69 Å². The summed E-state index contributed by atoms with van der Waals surface area (Å²) in [5.74, 6) is 1.23. The Morgan fingerprint density at radius 2 is 2.03 bits per heavy atom. The molecule has 0 bridgehead atoms. The molecule has 1 aliphatic carbocycles. The van der Waals surface area contributed by atoms with Gasteiger partial charge in [-0.2, -0.15) is 0 Å². The lowest BCUT2D eigenvalue weighted by Crippen LogP contribution is -2.45. The van der Waals surface area contributed by atoms with Crippen LogP contribution in [0.3, 0.4) is 0 Å². The summed E-state index contributed by atoms with van der Waals surface area (Å²) in [4.78, 5) is 7.14. The predicted octanol–water partition coefficient (Wildman–Crippen LogP) is 3.51. The zero-order chi connectivity index (χ0) is 21.4. The molecule has 168 valence electrons. The SMILES string of the molecule is CN1CCOC(c2nc(C3CCC4(CC3)COCCO4)n(-c3ccc(Cl)c(F)c3)n2)C1. The average molecular weight is 451 g/mol. The highest BCUT2D eigenvalue weighted by Gasteiger charge is 2.40. The molecule has 2 aliphatic heterocycles. The van der Waals surface area contributed by atoms with Crippen LogP contribution in [0.4, 0.5) is 4.39 Å². The van der Waals surface area contributed by atoms with E-state index >= 15 is 0 Å². The molecule has 1 spiro atoms. The summed E-state index contributed by atoms with van der Waals surface area (Å²) in [5, 5.41) is 4.87. The van der Waals surface area contributed by atoms with Crippen molar-refractivity contribution in [2.75, 3.05) is 46.6 Å². The summed E-state index contributed by atoms with van der Waals surface area (Å²) < 4.78 is 33.7. The van der Waals surface area contributed by atoms with Gasteiger partial charge in [-0.3, -0.25) is 0 Å². The second-order valence-corrected chi connectivity index (χ2v) is 9.23. The Morgan fingerprint density at radius 3 is 2.74 bits per heavy atom. The number of hydrogen-bond acceptors (Lipinski definition) is 6. The molecule has 2 aromatic rings. The van der Waals surface area contributed by atoms with Crippen molar-refractivity contribution in [3.05, 3.63) is 40.7 Å². The Morgan fingerprint density at radius 1 is 1.19 bits per heavy atom. The molecule has 3 aliphatic rings. The summed E-state index contributed by atoms with van der Waals surface area (Å²) in [7, 11) is 2.06. The normalized spacial score (nSPS) is 30.0. The van der Waals surface area contributed by atoms with Crippen molar-refractivity contribution in [1.29, 1.82) is 0 Å². The van der Waals surface area contributed by atoms with Crippen LogP contribution < -0.4 is 0 Å². The largest absolute Gasteiger partial charge is 0.376 e. The van der Waals surface area contributed by atoms with E-state index in [0.717, 1.165) is 44.6 Å². The monoisotopic (exact) mass is 450 g/mol. The standard InChI is InChI=1S/C22H28ClFN4O3/c1-27-8-9-30-19(13-27)20-25-21(28(26-20)16-2-3-17(23)18(24)12-16)15-4-6-22(7-5-15)14-29-10-11-31-22/h2-3,12,15,19H,4-11,13-14H2,1H3. The number of morpholine rings is 1. The summed E-state index contributed by atoms with van der Waals surface area (Å²) in [6, 6.07) is 4.76. The van der Waals surface area contributed by atoms with E-state index in [1.165, 1.54) is 6.07 Å². The van der Waals surface area contributed by atoms with Gasteiger partial charge in [-0.05, 0) is 44.9 Å². The first-order valence-electron chi connectivity index (χ1n) is 11.0. The first-order valence-corrected chi connectivity index (χ1v) is 11.3. The van der Waals surface area contributed by atoms with Crippen LogP contribution in [0.5, 0.6) is 0 Å². The van der Waals surface area contributed by atoms with E-state index in [1.807, 2.05) is 0 Å². The van der Waals surface area contributed by atoms with Crippen LogP contribution in [0.1, 0.15) is 49.4 Å². The Labute approximate surface area is 186 Å². The van der Waals surface area contributed by atoms with Gasteiger partial charge in [0.1, 0.15) is 17.7 Å². The smallest absolute Gasteiger partial charge is 0.181 e. The molecule has 9 heteroatoms. The van der Waals surface area contributed by atoms with Gasteiger partial charge < -0.3 is 19.1 Å². The van der Waals surface area contributed by atoms with E-state index in [1.54, 1.807) is 16.8 Å². The maximum atomic E-state index is 14.2. The maximum Gasteiger partial charge on any atom is 0.181 e. The minimum absolute atomic E-state index is 0.0944. The van der Waals surface area contributed by atoms with E-state index in [-0.39, 0.29) is 22.6 Å². The Bertz CT molecular complexity index is 923. The van der Waals surface area contributed by atoms with Gasteiger partial charge in [0.05, 0.1) is 42.7 Å². The minimum atomic E-state index is -0.467. The van der Waals surface area contributed by atoms with E-state index < -0.39 is 5.82 Å². The van der Waals surface area contributed by atoms with Gasteiger partial charge in [0.2, 0.25) is 0 Å². The third kappa shape index (κ3) is 4.36. The van der Waals surface area contributed by atoms with Crippen LogP contribution in [-0.4, -0.2) is 71.8 Å². The molecule has 1 atom stereocenters. The van der Waals surface area contributed by atoms with Gasteiger partial charge in [0.25, 0.3) is 0 Å². The molecule has 1 unspecified atom stereocenters. The number of halogens is 2. The van der Waals surface area contributed by atoms with Gasteiger partial charge in [-0.1, -0.05) is 11.6 Å². The fourth-order valence-electron chi connectivity index (χ4n) is 4.79. The fraction of sp³-hybridized carbons (Fsp3) is 0.636. The molecule has 1 saturated carbocycles. The average Bonchev–Trinajstić information content (AvgIpc) is 3.22. The maximum absolute atomic E-state index is 14.2. The van der Waals surface area contributed by atoms with Gasteiger partial charge in [-0.15, -0.1) is 5.10 Å². The van der Waals surface area contributed by atoms with Crippen LogP contribution in [0.15, 0.2) is 18.2 Å². The quantitative estimate of drug-likeness (QED) is 0.713. The van der Waals surface area contributed by atoms with Gasteiger partial charge in [-0.25, -0.2) is 14.1 Å². The van der Waals surface area contributed by atoms with Crippen LogP contribution in [0, 0.1) is 5.82 Å². The molecule has 0 radical (unpaired) electrons. The number of rotatable bonds is 3. The van der Waals surface area contributed by atoms with Crippen molar-refractivity contribution >= 4 is 11.6 Å². The van der Waals surface area contributed by atoms with Crippen LogP contribution >= 0.6 is 11.6 Å². The van der Waals surface area contributed by atoms with Crippen molar-refractivity contribution in [2.45, 2.75) is 43.3 Å². The van der Waals surface area contributed by atoms with Gasteiger partial charge in [0.15, 0.2) is 5.82 Å². The van der Waals surface area contributed by atoms with E-state index in [2.05, 4.69) is 11.9 Å². The summed E-state index contributed by atoms with van der Waals surface area (Å²) in [6.07, 6.45) is 3.47. The lowest BCUT2D eigenvalue weighted by atomic mass is 9.78. The molecule has 2 saturated heterocycles. The molecule has 0 N–H and O–H groups in total. The lowest BCUT2D eigenvalue weighted by Gasteiger charge is -2.42. The Kier molecular flexibility index (Phi) is 6.00. The van der Waals surface area contributed by atoms with E-state index in [0.29, 0.717) is 37.9 Å². The highest BCUT2D eigenvalue weighted by molar-refractivity contribution is 6.30. The van der Waals surface area contributed by atoms with Crippen molar-refractivity contribution in [2.24, 2.45) is 0 Å². The van der Waals surface area contributed by atoms with Crippen molar-refractivity contribution in [1.82, 2.24) is 19.7 Å². The molecule has 5 rings (SSSR count). The van der Waals surface area contributed by atoms with Gasteiger partial charge in [0, 0.05) is 25.1 Å². The topological polar surface area (TPSA) is 61.6 Å². The molecule has 1 aromatic carbocycles. The van der Waals surface area contributed by atoms with E-state index in [4.69, 9.17) is 35.9 Å². The second kappa shape index (κ2) is 8.75. The van der Waals surface area contributed by atoms with E-state index in [9.17, 15) is 4.39 Å². The summed E-state index contributed by atoms with van der Waals surface area (Å²) in [6.45, 7) is 4.24. The molecule has 31 heavy (non-hydrogen) atoms. The second-order valence-electron chi connectivity index (χ2n) is 8.82. The first kappa shape index (κ1) is 21.3. The molecule has 3 fully saturated rings. The number of nitrogens with zero attached hydrogens (tertiary/aromatic N) is 4. The van der Waals surface area contributed by atoms with Crippen molar-refractivity contribution < 1.29 is 18.6 Å². The fourth-order valence-corrected chi connectivity index (χ4v) is 4.91. The lowest BCUT2D eigenvalue weighted by molar-refractivity contribution is -0.172. The predicted molar refractivity (Wildman–Crippen MR) is 113 cm³/mol. The number of benzene rings is 1. The number of aromatic nitrogens is 3. The molecule has 1 aromatic heterocycles. The first-order chi connectivity index (χ1) is 15.0. The van der Waals surface area contributed by atoms with Crippen LogP contribution in [-0.2, 0) is 14.2 Å². The van der Waals surface area contributed by atoms with Gasteiger partial charge >= 0.3 is 0 Å². The third-order valence-electron chi connectivity index (χ3n) is 6.62. The molecule has 3 heterocycles. The number of likely N-dealkylation sites (N-methyl/N-ethyl adjacent to an activating group) is 1. The molecular weight excluding hydrogens is 423 g/mol. The highest BCUT2D eigenvalue weighted by Crippen LogP contribution is 2.41. The summed E-state index contributed by atoms with van der Waals surface area (Å²) >= 11 is 5.91. The van der Waals surface area contributed by atoms with Crippen molar-refractivity contribution in [3.63, 3.8) is 0 Å². The molecular formula is C22H28ClFN4O3. The Hall–Kier alpha value is -1.58. The zero-order valence-corrected chi connectivity index (χ0v) is 18.5. The van der Waals surface area contributed by atoms with Crippen LogP contribution in [0.25, 0.3) is 5.69 Å². The highest BCUT2D eigenvalue weighted by atomic mass is 35.5. The molecule has 0 amide bonds.